The Hall–Kier alpha value is -0.410. The Morgan fingerprint density at radius 3 is 2.58 bits per heavy atom. The van der Waals surface area contributed by atoms with Gasteiger partial charge in [-0.2, -0.15) is 4.91 Å². The number of rotatable bonds is 3. The maximum Gasteiger partial charge on any atom is 0.128 e. The van der Waals surface area contributed by atoms with E-state index < -0.39 is 0 Å². The second-order valence-corrected chi connectivity index (χ2v) is 4.34. The van der Waals surface area contributed by atoms with Crippen LogP contribution in [0.5, 0.6) is 0 Å². The Bertz CT molecular complexity index is 272. The molecule has 1 heterocycles. The molecular weight excluding hydrogens is 194 g/mol. The zero-order valence-electron chi connectivity index (χ0n) is 6.95. The molecule has 0 radical (unpaired) electrons. The number of hydrogen-bond acceptors (Lipinski definition) is 3. The molecule has 0 spiro atoms. The second-order valence-electron chi connectivity index (χ2n) is 2.96. The van der Waals surface area contributed by atoms with Gasteiger partial charge in [0.25, 0.3) is 0 Å². The van der Waals surface area contributed by atoms with E-state index in [0.29, 0.717) is 5.02 Å². The highest BCUT2D eigenvalue weighted by Gasteiger charge is 2.17. The summed E-state index contributed by atoms with van der Waals surface area (Å²) in [5.41, 5.74) is 0. The van der Waals surface area contributed by atoms with Crippen molar-refractivity contribution in [2.75, 3.05) is 0 Å². The Morgan fingerprint density at radius 1 is 1.58 bits per heavy atom. The molecule has 0 aromatic carbocycles. The van der Waals surface area contributed by atoms with E-state index in [0.717, 1.165) is 4.88 Å². The van der Waals surface area contributed by atoms with E-state index in [1.807, 2.05) is 19.2 Å². The van der Waals surface area contributed by atoms with Gasteiger partial charge in [-0.25, -0.2) is 0 Å². The Labute approximate surface area is 80.5 Å². The summed E-state index contributed by atoms with van der Waals surface area (Å²) in [7, 11) is 0. The van der Waals surface area contributed by atoms with Crippen LogP contribution in [0.15, 0.2) is 16.6 Å². The van der Waals surface area contributed by atoms with Crippen molar-refractivity contribution in [2.24, 2.45) is 11.1 Å². The molecule has 0 amide bonds. The zero-order chi connectivity index (χ0) is 9.14. The van der Waals surface area contributed by atoms with E-state index in [1.165, 1.54) is 11.3 Å². The van der Waals surface area contributed by atoms with Gasteiger partial charge >= 0.3 is 0 Å². The normalized spacial score (nSPS) is 13.3. The minimum atomic E-state index is -0.248. The molecular formula is C8H10ClNOS. The first kappa shape index (κ1) is 9.68. The van der Waals surface area contributed by atoms with Crippen molar-refractivity contribution >= 4 is 22.9 Å². The number of nitroso groups, excluding NO2 is 1. The zero-order valence-corrected chi connectivity index (χ0v) is 8.52. The van der Waals surface area contributed by atoms with Gasteiger partial charge in [0.1, 0.15) is 6.04 Å². The summed E-state index contributed by atoms with van der Waals surface area (Å²) >= 11 is 7.22. The van der Waals surface area contributed by atoms with Gasteiger partial charge in [0.05, 0.1) is 5.02 Å². The minimum absolute atomic E-state index is 0.234. The standard InChI is InChI=1S/C8H10ClNOS/c1-5(2)8(10-11)7-3-6(9)4-12-7/h3-5,8H,1-2H3. The number of nitrogens with zero attached hydrogens (tertiary/aromatic N) is 1. The lowest BCUT2D eigenvalue weighted by Gasteiger charge is -2.09. The summed E-state index contributed by atoms with van der Waals surface area (Å²) in [4.78, 5) is 11.4. The summed E-state index contributed by atoms with van der Waals surface area (Å²) in [6.07, 6.45) is 0. The van der Waals surface area contributed by atoms with Gasteiger partial charge in [-0.15, -0.1) is 11.3 Å². The van der Waals surface area contributed by atoms with E-state index in [9.17, 15) is 4.91 Å². The van der Waals surface area contributed by atoms with Crippen LogP contribution in [0.2, 0.25) is 5.02 Å². The van der Waals surface area contributed by atoms with Crippen molar-refractivity contribution < 1.29 is 0 Å². The average Bonchev–Trinajstić information content (AvgIpc) is 2.37. The van der Waals surface area contributed by atoms with Crippen molar-refractivity contribution in [1.82, 2.24) is 0 Å². The van der Waals surface area contributed by atoms with E-state index in [-0.39, 0.29) is 12.0 Å². The van der Waals surface area contributed by atoms with Crippen molar-refractivity contribution in [1.29, 1.82) is 0 Å². The third kappa shape index (κ3) is 2.05. The fourth-order valence-corrected chi connectivity index (χ4v) is 2.27. The molecule has 12 heavy (non-hydrogen) atoms. The van der Waals surface area contributed by atoms with Crippen LogP contribution in [0, 0.1) is 10.8 Å². The number of hydrogen-bond donors (Lipinski definition) is 0. The Balaban J connectivity index is 2.87. The van der Waals surface area contributed by atoms with Crippen molar-refractivity contribution in [2.45, 2.75) is 19.9 Å². The molecule has 0 saturated carbocycles. The van der Waals surface area contributed by atoms with Gasteiger partial charge < -0.3 is 0 Å². The average molecular weight is 204 g/mol. The van der Waals surface area contributed by atoms with Crippen LogP contribution >= 0.6 is 22.9 Å². The first-order valence-corrected chi connectivity index (χ1v) is 4.97. The van der Waals surface area contributed by atoms with Crippen molar-refractivity contribution in [3.8, 4) is 0 Å². The van der Waals surface area contributed by atoms with Gasteiger partial charge in [0.2, 0.25) is 0 Å². The molecule has 0 saturated heterocycles. The lowest BCUT2D eigenvalue weighted by molar-refractivity contribution is 0.520. The molecule has 0 N–H and O–H groups in total. The summed E-state index contributed by atoms with van der Waals surface area (Å²) in [5.74, 6) is 0.234. The molecule has 1 aromatic rings. The van der Waals surface area contributed by atoms with Gasteiger partial charge in [-0.3, -0.25) is 0 Å². The molecule has 1 unspecified atom stereocenters. The molecule has 0 bridgehead atoms. The van der Waals surface area contributed by atoms with Crippen LogP contribution in [0.3, 0.4) is 0 Å². The van der Waals surface area contributed by atoms with Gasteiger partial charge in [0, 0.05) is 10.3 Å². The first-order chi connectivity index (χ1) is 5.65. The molecule has 0 aliphatic heterocycles. The van der Waals surface area contributed by atoms with E-state index in [2.05, 4.69) is 5.18 Å². The van der Waals surface area contributed by atoms with Gasteiger partial charge in [-0.05, 0) is 12.0 Å². The van der Waals surface area contributed by atoms with E-state index in [4.69, 9.17) is 11.6 Å². The Morgan fingerprint density at radius 2 is 2.25 bits per heavy atom. The lowest BCUT2D eigenvalue weighted by atomic mass is 10.0. The molecule has 1 aromatic heterocycles. The summed E-state index contributed by atoms with van der Waals surface area (Å²) in [5, 5.41) is 5.57. The smallest absolute Gasteiger partial charge is 0.128 e. The highest BCUT2D eigenvalue weighted by atomic mass is 35.5. The molecule has 1 rings (SSSR count). The lowest BCUT2D eigenvalue weighted by Crippen LogP contribution is -2.00. The largest absolute Gasteiger partial charge is 0.150 e. The fraction of sp³-hybridized carbons (Fsp3) is 0.500. The fourth-order valence-electron chi connectivity index (χ4n) is 0.986. The van der Waals surface area contributed by atoms with Crippen molar-refractivity contribution in [3.05, 3.63) is 26.3 Å². The summed E-state index contributed by atoms with van der Waals surface area (Å²) < 4.78 is 0. The predicted molar refractivity (Wildman–Crippen MR) is 52.7 cm³/mol. The maximum absolute atomic E-state index is 10.5. The number of thiophene rings is 1. The van der Waals surface area contributed by atoms with Gasteiger partial charge in [0.15, 0.2) is 0 Å². The monoisotopic (exact) mass is 203 g/mol. The summed E-state index contributed by atoms with van der Waals surface area (Å²) in [6, 6.07) is 1.56. The predicted octanol–water partition coefficient (Wildman–Crippen LogP) is 3.87. The Kier molecular flexibility index (Phi) is 3.23. The minimum Gasteiger partial charge on any atom is -0.150 e. The first-order valence-electron chi connectivity index (χ1n) is 3.71. The van der Waals surface area contributed by atoms with Gasteiger partial charge in [-0.1, -0.05) is 30.6 Å². The third-order valence-corrected chi connectivity index (χ3v) is 2.98. The highest BCUT2D eigenvalue weighted by Crippen LogP contribution is 2.32. The molecule has 0 aliphatic rings. The third-order valence-electron chi connectivity index (χ3n) is 1.62. The van der Waals surface area contributed by atoms with Crippen LogP contribution in [0.4, 0.5) is 0 Å². The number of halogens is 1. The maximum atomic E-state index is 10.5. The highest BCUT2D eigenvalue weighted by molar-refractivity contribution is 7.10. The summed E-state index contributed by atoms with van der Waals surface area (Å²) in [6.45, 7) is 3.94. The van der Waals surface area contributed by atoms with E-state index >= 15 is 0 Å². The van der Waals surface area contributed by atoms with Crippen LogP contribution < -0.4 is 0 Å². The molecule has 2 nitrogen and oxygen atoms in total. The molecule has 0 aliphatic carbocycles. The van der Waals surface area contributed by atoms with Crippen LogP contribution in [-0.4, -0.2) is 0 Å². The molecule has 4 heteroatoms. The molecule has 0 fully saturated rings. The quantitative estimate of drug-likeness (QED) is 0.686. The second kappa shape index (κ2) is 4.01. The van der Waals surface area contributed by atoms with Crippen LogP contribution in [-0.2, 0) is 0 Å². The van der Waals surface area contributed by atoms with Crippen LogP contribution in [0.25, 0.3) is 0 Å². The van der Waals surface area contributed by atoms with Crippen molar-refractivity contribution in [3.63, 3.8) is 0 Å². The van der Waals surface area contributed by atoms with Crippen LogP contribution in [0.1, 0.15) is 24.8 Å². The molecule has 66 valence electrons. The van der Waals surface area contributed by atoms with E-state index in [1.54, 1.807) is 6.07 Å². The topological polar surface area (TPSA) is 29.4 Å². The SMILES string of the molecule is CC(C)C(N=O)c1cc(Cl)cs1. The molecule has 1 atom stereocenters.